The van der Waals surface area contributed by atoms with Gasteiger partial charge in [-0.3, -0.25) is 10.1 Å². The molecule has 3 N–H and O–H groups in total. The van der Waals surface area contributed by atoms with Gasteiger partial charge in [-0.2, -0.15) is 0 Å². The van der Waals surface area contributed by atoms with Crippen molar-refractivity contribution in [1.82, 2.24) is 5.32 Å². The van der Waals surface area contributed by atoms with Gasteiger partial charge in [0.1, 0.15) is 0 Å². The number of aliphatic hydroxyl groups excluding tert-OH is 1. The van der Waals surface area contributed by atoms with Gasteiger partial charge in [-0.05, 0) is 19.4 Å². The molecule has 0 aliphatic carbocycles. The van der Waals surface area contributed by atoms with Crippen LogP contribution < -0.4 is 5.32 Å². The number of aliphatic hydroxyl groups is 2. The molecule has 18 heavy (non-hydrogen) atoms. The Bertz CT molecular complexity index is 403. The van der Waals surface area contributed by atoms with Crippen molar-refractivity contribution in [3.05, 3.63) is 39.9 Å². The van der Waals surface area contributed by atoms with Crippen molar-refractivity contribution < 1.29 is 15.1 Å². The van der Waals surface area contributed by atoms with Gasteiger partial charge in [0.25, 0.3) is 5.69 Å². The van der Waals surface area contributed by atoms with Crippen molar-refractivity contribution in [1.29, 1.82) is 0 Å². The van der Waals surface area contributed by atoms with Gasteiger partial charge < -0.3 is 15.5 Å². The van der Waals surface area contributed by atoms with Crippen molar-refractivity contribution in [2.45, 2.75) is 25.5 Å². The van der Waals surface area contributed by atoms with Gasteiger partial charge in [0.2, 0.25) is 0 Å². The predicted molar refractivity (Wildman–Crippen MR) is 67.2 cm³/mol. The van der Waals surface area contributed by atoms with Crippen LogP contribution >= 0.6 is 0 Å². The molecule has 2 atom stereocenters. The Labute approximate surface area is 105 Å². The number of rotatable bonds is 6. The molecule has 0 fully saturated rings. The second-order valence-corrected chi connectivity index (χ2v) is 4.61. The highest BCUT2D eigenvalue weighted by molar-refractivity contribution is 5.34. The summed E-state index contributed by atoms with van der Waals surface area (Å²) in [6, 6.07) is 6.16. The number of non-ortho nitro benzene ring substituents is 1. The molecule has 1 rings (SSSR count). The zero-order valence-electron chi connectivity index (χ0n) is 10.5. The summed E-state index contributed by atoms with van der Waals surface area (Å²) in [7, 11) is 0. The molecule has 1 aromatic rings. The maximum absolute atomic E-state index is 10.5. The molecule has 0 saturated heterocycles. The van der Waals surface area contributed by atoms with E-state index in [0.29, 0.717) is 0 Å². The zero-order valence-corrected chi connectivity index (χ0v) is 10.5. The number of nitrogens with zero attached hydrogens (tertiary/aromatic N) is 1. The van der Waals surface area contributed by atoms with E-state index in [2.05, 4.69) is 5.32 Å². The van der Waals surface area contributed by atoms with E-state index in [4.69, 9.17) is 5.11 Å². The summed E-state index contributed by atoms with van der Waals surface area (Å²) in [6.07, 6.45) is 0. The molecule has 0 amide bonds. The van der Waals surface area contributed by atoms with Crippen molar-refractivity contribution >= 4 is 5.69 Å². The monoisotopic (exact) mass is 254 g/mol. The minimum absolute atomic E-state index is 0.0494. The lowest BCUT2D eigenvalue weighted by atomic mass is 10.1. The molecular formula is C12H18N2O4. The minimum Gasteiger partial charge on any atom is -0.393 e. The highest BCUT2D eigenvalue weighted by atomic mass is 16.6. The minimum atomic E-state index is -1.17. The fourth-order valence-corrected chi connectivity index (χ4v) is 1.43. The third kappa shape index (κ3) is 4.06. The van der Waals surface area contributed by atoms with E-state index in [1.165, 1.54) is 19.1 Å². The Hall–Kier alpha value is -1.50. The second-order valence-electron chi connectivity index (χ2n) is 4.61. The van der Waals surface area contributed by atoms with Crippen LogP contribution in [0.25, 0.3) is 0 Å². The standard InChI is InChI=1S/C12H18N2O4/c1-9(13-7-12(2,16)8-15)10-3-5-11(6-4-10)14(17)18/h3-6,9,13,15-16H,7-8H2,1-2H3. The largest absolute Gasteiger partial charge is 0.393 e. The number of hydrogen-bond donors (Lipinski definition) is 3. The van der Waals surface area contributed by atoms with Crippen LogP contribution in [0.2, 0.25) is 0 Å². The average molecular weight is 254 g/mol. The van der Waals surface area contributed by atoms with E-state index in [-0.39, 0.29) is 24.9 Å². The fraction of sp³-hybridized carbons (Fsp3) is 0.500. The van der Waals surface area contributed by atoms with Crippen molar-refractivity contribution in [2.24, 2.45) is 0 Å². The van der Waals surface area contributed by atoms with Gasteiger partial charge in [0, 0.05) is 24.7 Å². The molecule has 0 aliphatic rings. The maximum atomic E-state index is 10.5. The second kappa shape index (κ2) is 5.90. The van der Waals surface area contributed by atoms with Crippen LogP contribution in [-0.2, 0) is 0 Å². The van der Waals surface area contributed by atoms with Gasteiger partial charge in [0.15, 0.2) is 0 Å². The molecule has 2 unspecified atom stereocenters. The normalized spacial score (nSPS) is 16.0. The van der Waals surface area contributed by atoms with Crippen LogP contribution in [-0.4, -0.2) is 33.9 Å². The summed E-state index contributed by atoms with van der Waals surface area (Å²) in [5.41, 5.74) is -0.239. The van der Waals surface area contributed by atoms with E-state index in [9.17, 15) is 15.2 Å². The maximum Gasteiger partial charge on any atom is 0.269 e. The predicted octanol–water partition coefficient (Wildman–Crippen LogP) is 0.989. The first-order valence-corrected chi connectivity index (χ1v) is 5.67. The van der Waals surface area contributed by atoms with E-state index in [1.54, 1.807) is 12.1 Å². The lowest BCUT2D eigenvalue weighted by molar-refractivity contribution is -0.384. The molecule has 0 radical (unpaired) electrons. The van der Waals surface area contributed by atoms with Crippen LogP contribution in [0.1, 0.15) is 25.5 Å². The summed E-state index contributed by atoms with van der Waals surface area (Å²) >= 11 is 0. The van der Waals surface area contributed by atoms with Gasteiger partial charge in [-0.1, -0.05) is 12.1 Å². The summed E-state index contributed by atoms with van der Waals surface area (Å²) in [4.78, 5) is 10.1. The highest BCUT2D eigenvalue weighted by Crippen LogP contribution is 2.17. The van der Waals surface area contributed by atoms with E-state index < -0.39 is 10.5 Å². The Morgan fingerprint density at radius 2 is 2.00 bits per heavy atom. The van der Waals surface area contributed by atoms with Gasteiger partial charge >= 0.3 is 0 Å². The van der Waals surface area contributed by atoms with E-state index >= 15 is 0 Å². The van der Waals surface area contributed by atoms with Crippen LogP contribution in [0.15, 0.2) is 24.3 Å². The highest BCUT2D eigenvalue weighted by Gasteiger charge is 2.20. The van der Waals surface area contributed by atoms with Crippen LogP contribution in [0.4, 0.5) is 5.69 Å². The fourth-order valence-electron chi connectivity index (χ4n) is 1.43. The molecule has 0 bridgehead atoms. The van der Waals surface area contributed by atoms with Crippen LogP contribution in [0.5, 0.6) is 0 Å². The molecule has 1 aromatic carbocycles. The smallest absolute Gasteiger partial charge is 0.269 e. The number of nitrogens with one attached hydrogen (secondary N) is 1. The first-order chi connectivity index (χ1) is 8.35. The van der Waals surface area contributed by atoms with Crippen molar-refractivity contribution in [3.8, 4) is 0 Å². The third-order valence-corrected chi connectivity index (χ3v) is 2.73. The van der Waals surface area contributed by atoms with Crippen molar-refractivity contribution in [3.63, 3.8) is 0 Å². The number of hydrogen-bond acceptors (Lipinski definition) is 5. The molecule has 6 heteroatoms. The summed E-state index contributed by atoms with van der Waals surface area (Å²) in [5.74, 6) is 0. The molecule has 0 heterocycles. The Balaban J connectivity index is 2.62. The van der Waals surface area contributed by atoms with Gasteiger partial charge in [-0.15, -0.1) is 0 Å². The molecule has 100 valence electrons. The molecule has 0 saturated carbocycles. The topological polar surface area (TPSA) is 95.6 Å². The first kappa shape index (κ1) is 14.6. The summed E-state index contributed by atoms with van der Waals surface area (Å²) in [5, 5.41) is 32.1. The Kier molecular flexibility index (Phi) is 4.77. The molecule has 0 spiro atoms. The van der Waals surface area contributed by atoms with Crippen LogP contribution in [0.3, 0.4) is 0 Å². The molecular weight excluding hydrogens is 236 g/mol. The Morgan fingerprint density at radius 1 is 1.44 bits per heavy atom. The molecule has 0 aliphatic heterocycles. The van der Waals surface area contributed by atoms with Crippen molar-refractivity contribution in [2.75, 3.05) is 13.2 Å². The quantitative estimate of drug-likeness (QED) is 0.519. The number of nitro groups is 1. The van der Waals surface area contributed by atoms with Gasteiger partial charge in [0.05, 0.1) is 17.1 Å². The first-order valence-electron chi connectivity index (χ1n) is 5.67. The number of benzene rings is 1. The zero-order chi connectivity index (χ0) is 13.8. The summed E-state index contributed by atoms with van der Waals surface area (Å²) < 4.78 is 0. The number of nitro benzene ring substituents is 1. The van der Waals surface area contributed by atoms with Crippen LogP contribution in [0, 0.1) is 10.1 Å². The molecule has 0 aromatic heterocycles. The average Bonchev–Trinajstić information content (AvgIpc) is 2.36. The van der Waals surface area contributed by atoms with E-state index in [0.717, 1.165) is 5.56 Å². The van der Waals surface area contributed by atoms with Gasteiger partial charge in [-0.25, -0.2) is 0 Å². The van der Waals surface area contributed by atoms with E-state index in [1.807, 2.05) is 6.92 Å². The lowest BCUT2D eigenvalue weighted by Gasteiger charge is -2.23. The Morgan fingerprint density at radius 3 is 2.44 bits per heavy atom. The molecule has 6 nitrogen and oxygen atoms in total. The third-order valence-electron chi connectivity index (χ3n) is 2.73. The SMILES string of the molecule is CC(NCC(C)(O)CO)c1ccc([N+](=O)[O-])cc1. The lowest BCUT2D eigenvalue weighted by Crippen LogP contribution is -2.41. The summed E-state index contributed by atoms with van der Waals surface area (Å²) in [6.45, 7) is 3.33.